The molecule has 4 heteroatoms. The van der Waals surface area contributed by atoms with Crippen molar-refractivity contribution in [3.63, 3.8) is 0 Å². The fraction of sp³-hybridized carbons (Fsp3) is 0.500. The van der Waals surface area contributed by atoms with Crippen LogP contribution in [0.15, 0.2) is 4.47 Å². The fourth-order valence-corrected chi connectivity index (χ4v) is 0.273. The highest BCUT2D eigenvalue weighted by molar-refractivity contribution is 7.65. The van der Waals surface area contributed by atoms with Crippen molar-refractivity contribution in [2.24, 2.45) is 10.3 Å². The lowest BCUT2D eigenvalue weighted by atomic mass is 11.4. The van der Waals surface area contributed by atoms with E-state index in [1.807, 2.05) is 0 Å². The van der Waals surface area contributed by atoms with Crippen molar-refractivity contribution in [3.05, 3.63) is 0 Å². The molecule has 0 aromatic heterocycles. The van der Waals surface area contributed by atoms with E-state index in [4.69, 9.17) is 5.84 Å². The van der Waals surface area contributed by atoms with Gasteiger partial charge in [0.1, 0.15) is 0 Å². The third-order valence-corrected chi connectivity index (χ3v) is 0.560. The second-order valence-corrected chi connectivity index (χ2v) is 1.21. The highest BCUT2D eigenvalue weighted by Gasteiger charge is 1.68. The van der Waals surface area contributed by atoms with E-state index in [9.17, 15) is 0 Å². The molecule has 0 atom stereocenters. The van der Waals surface area contributed by atoms with Crippen molar-refractivity contribution in [1.29, 1.82) is 0 Å². The van der Waals surface area contributed by atoms with Gasteiger partial charge in [0.15, 0.2) is 0 Å². The predicted octanol–water partition coefficient (Wildman–Crippen LogP) is -0.595. The zero-order valence-electron chi connectivity index (χ0n) is 3.59. The first-order chi connectivity index (χ1) is 2.77. The maximum Gasteiger partial charge on any atom is 0.0253 e. The van der Waals surface area contributed by atoms with Crippen LogP contribution in [0.5, 0.6) is 0 Å². The quantitative estimate of drug-likeness (QED) is 0.275. The van der Waals surface area contributed by atoms with Gasteiger partial charge in [0.25, 0.3) is 0 Å². The Hall–Kier alpha value is -0.190. The van der Waals surface area contributed by atoms with Gasteiger partial charge in [-0.1, -0.05) is 0 Å². The molecule has 0 rings (SSSR count). The van der Waals surface area contributed by atoms with Gasteiger partial charge in [-0.2, -0.15) is 0 Å². The summed E-state index contributed by atoms with van der Waals surface area (Å²) in [5, 5.41) is 1.21. The van der Waals surface area contributed by atoms with Crippen LogP contribution in [0.2, 0.25) is 0 Å². The lowest BCUT2D eigenvalue weighted by Crippen LogP contribution is -2.17. The van der Waals surface area contributed by atoms with Crippen molar-refractivity contribution in [1.82, 2.24) is 5.12 Å². The number of hydrazine groups is 1. The number of hydrogen-bond acceptors (Lipinski definition) is 2. The van der Waals surface area contributed by atoms with E-state index >= 15 is 0 Å². The zero-order chi connectivity index (χ0) is 4.99. The Bertz CT molecular complexity index is 72.9. The summed E-state index contributed by atoms with van der Waals surface area (Å²) in [5.74, 6) is 8.36. The first-order valence-electron chi connectivity index (χ1n) is 1.38. The third-order valence-electron chi connectivity index (χ3n) is 0.187. The van der Waals surface area contributed by atoms with Crippen LogP contribution in [0, 0.1) is 0 Å². The highest BCUT2D eigenvalue weighted by atomic mass is 32.1. The molecule has 0 heterocycles. The third kappa shape index (κ3) is 3.81. The van der Waals surface area contributed by atoms with Gasteiger partial charge in [-0.05, 0) is 17.0 Å². The molecule has 0 aromatic carbocycles. The van der Waals surface area contributed by atoms with Gasteiger partial charge in [-0.15, -0.1) is 9.59 Å². The molecule has 2 N–H and O–H groups in total. The van der Waals surface area contributed by atoms with Crippen molar-refractivity contribution in [3.8, 4) is 0 Å². The molecule has 0 aliphatic rings. The second-order valence-electron chi connectivity index (χ2n) is 0.784. The average Bonchev–Trinajstić information content (AvgIpc) is 1.35. The molecule has 0 saturated carbocycles. The predicted molar refractivity (Wildman–Crippen MR) is 28.9 cm³/mol. The Morgan fingerprint density at radius 1 is 2.00 bits per heavy atom. The van der Waals surface area contributed by atoms with Crippen LogP contribution in [0.25, 0.3) is 0 Å². The van der Waals surface area contributed by atoms with E-state index in [1.54, 1.807) is 7.05 Å². The molecule has 0 aliphatic heterocycles. The average molecular weight is 105 g/mol. The van der Waals surface area contributed by atoms with Gasteiger partial charge in [0.05, 0.1) is 0 Å². The Morgan fingerprint density at radius 3 is 2.50 bits per heavy atom. The first-order valence-corrected chi connectivity index (χ1v) is 2.32. The Balaban J connectivity index is 3.29. The van der Waals surface area contributed by atoms with Crippen LogP contribution in [0.1, 0.15) is 0 Å². The summed E-state index contributed by atoms with van der Waals surface area (Å²) in [6, 6.07) is 0. The standard InChI is InChI=1S/C2H7N3S/c1-5(3)4-6-2/h2-3H2,1H3. The van der Waals surface area contributed by atoms with E-state index in [0.29, 0.717) is 0 Å². The minimum absolute atomic E-state index is 1.09. The molecule has 0 aromatic rings. The van der Waals surface area contributed by atoms with Crippen molar-refractivity contribution in [2.45, 2.75) is 0 Å². The van der Waals surface area contributed by atoms with Crippen molar-refractivity contribution >= 4 is 17.0 Å². The van der Waals surface area contributed by atoms with Crippen LogP contribution in [0.4, 0.5) is 0 Å². The summed E-state index contributed by atoms with van der Waals surface area (Å²) >= 11 is 1.09. The van der Waals surface area contributed by atoms with Gasteiger partial charge < -0.3 is 0 Å². The molecule has 0 spiro atoms. The van der Waals surface area contributed by atoms with Crippen LogP contribution in [-0.2, 0) is 11.1 Å². The normalized spacial score (nSPS) is 8.50. The summed E-state index contributed by atoms with van der Waals surface area (Å²) in [6.07, 6.45) is 0. The SMILES string of the molecule is C=S=NN(C)N. The van der Waals surface area contributed by atoms with Crippen molar-refractivity contribution < 1.29 is 0 Å². The van der Waals surface area contributed by atoms with E-state index < -0.39 is 0 Å². The molecule has 0 fully saturated rings. The minimum atomic E-state index is 1.09. The molecule has 3 nitrogen and oxygen atoms in total. The summed E-state index contributed by atoms with van der Waals surface area (Å²) in [5.41, 5.74) is 0. The molecule has 36 valence electrons. The van der Waals surface area contributed by atoms with Gasteiger partial charge in [0, 0.05) is 7.05 Å². The van der Waals surface area contributed by atoms with Gasteiger partial charge in [-0.25, -0.2) is 5.84 Å². The summed E-state index contributed by atoms with van der Waals surface area (Å²) in [4.78, 5) is 0. The maximum atomic E-state index is 5.01. The van der Waals surface area contributed by atoms with E-state index in [-0.39, 0.29) is 0 Å². The smallest absolute Gasteiger partial charge is 0.0253 e. The maximum absolute atomic E-state index is 5.01. The zero-order valence-corrected chi connectivity index (χ0v) is 4.40. The summed E-state index contributed by atoms with van der Waals surface area (Å²) in [7, 11) is 1.64. The summed E-state index contributed by atoms with van der Waals surface area (Å²) in [6.45, 7) is 0. The lowest BCUT2D eigenvalue weighted by Gasteiger charge is -1.92. The lowest BCUT2D eigenvalue weighted by molar-refractivity contribution is 0.381. The largest absolute Gasteiger partial charge is 0.248 e. The number of rotatable bonds is 1. The molecule has 0 bridgehead atoms. The number of nitrogens with zero attached hydrogens (tertiary/aromatic N) is 2. The topological polar surface area (TPSA) is 41.6 Å². The molecule has 0 saturated heterocycles. The van der Waals surface area contributed by atoms with Crippen LogP contribution in [0.3, 0.4) is 0 Å². The van der Waals surface area contributed by atoms with Crippen LogP contribution >= 0.6 is 0 Å². The number of hydrogen-bond donors (Lipinski definition) is 1. The summed E-state index contributed by atoms with van der Waals surface area (Å²) < 4.78 is 3.54. The second kappa shape index (κ2) is 3.02. The Kier molecular flexibility index (Phi) is 2.92. The molecule has 0 amide bonds. The fourth-order valence-electron chi connectivity index (χ4n) is 0.0911. The molecule has 0 unspecified atom stereocenters. The molecular formula is C2H7N3S. The van der Waals surface area contributed by atoms with Gasteiger partial charge >= 0.3 is 0 Å². The molecule has 6 heavy (non-hydrogen) atoms. The Morgan fingerprint density at radius 2 is 2.50 bits per heavy atom. The van der Waals surface area contributed by atoms with E-state index in [1.165, 1.54) is 5.12 Å². The minimum Gasteiger partial charge on any atom is -0.248 e. The van der Waals surface area contributed by atoms with Gasteiger partial charge in [0.2, 0.25) is 0 Å². The van der Waals surface area contributed by atoms with Crippen LogP contribution in [-0.4, -0.2) is 18.0 Å². The molecular weight excluding hydrogens is 98.1 g/mol. The van der Waals surface area contributed by atoms with Crippen molar-refractivity contribution in [2.75, 3.05) is 7.05 Å². The van der Waals surface area contributed by atoms with E-state index in [2.05, 4.69) is 10.3 Å². The first kappa shape index (κ1) is 5.81. The van der Waals surface area contributed by atoms with Crippen LogP contribution < -0.4 is 5.84 Å². The Labute approximate surface area is 40.4 Å². The van der Waals surface area contributed by atoms with E-state index in [0.717, 1.165) is 11.1 Å². The highest BCUT2D eigenvalue weighted by Crippen LogP contribution is 1.59. The monoisotopic (exact) mass is 105 g/mol. The van der Waals surface area contributed by atoms with Gasteiger partial charge in [-0.3, -0.25) is 0 Å². The molecule has 0 aliphatic carbocycles. The molecule has 0 radical (unpaired) electrons. The number of nitrogens with two attached hydrogens (primary N) is 1.